The molecule has 0 saturated heterocycles. The van der Waals surface area contributed by atoms with Crippen molar-refractivity contribution in [3.8, 4) is 0 Å². The monoisotopic (exact) mass is 182 g/mol. The van der Waals surface area contributed by atoms with Gasteiger partial charge >= 0.3 is 5.97 Å². The number of carbonyl (C=O) groups excluding carboxylic acids is 2. The highest BCUT2D eigenvalue weighted by molar-refractivity contribution is 6.03. The molecule has 0 unspecified atom stereocenters. The second-order valence-corrected chi connectivity index (χ2v) is 2.34. The lowest BCUT2D eigenvalue weighted by Gasteiger charge is -1.98. The van der Waals surface area contributed by atoms with Gasteiger partial charge in [0.2, 0.25) is 5.78 Å². The molecule has 0 aliphatic carbocycles. The van der Waals surface area contributed by atoms with E-state index in [9.17, 15) is 9.59 Å². The molecule has 5 heteroatoms. The number of esters is 1. The Balaban J connectivity index is 2.47. The van der Waals surface area contributed by atoms with E-state index < -0.39 is 5.97 Å². The number of rotatable bonds is 4. The summed E-state index contributed by atoms with van der Waals surface area (Å²) in [5, 5.41) is 0. The number of ether oxygens (including phenoxy) is 1. The third kappa shape index (κ3) is 2.70. The number of nitrogens with one attached hydrogen (secondary N) is 1. The summed E-state index contributed by atoms with van der Waals surface area (Å²) >= 11 is 0. The second kappa shape index (κ2) is 4.39. The van der Waals surface area contributed by atoms with E-state index in [0.29, 0.717) is 0 Å². The number of Topliss-reactive ketones (excluding diaryl/α,β-unsaturated/α-hetero) is 1. The molecule has 1 rings (SSSR count). The summed E-state index contributed by atoms with van der Waals surface area (Å²) in [7, 11) is 0. The number of H-pyrrole nitrogens is 1. The number of hydrogen-bond donors (Lipinski definition) is 1. The summed E-state index contributed by atoms with van der Waals surface area (Å²) in [5.74, 6) is -0.694. The lowest BCUT2D eigenvalue weighted by molar-refractivity contribution is -0.141. The molecule has 0 atom stereocenters. The highest BCUT2D eigenvalue weighted by atomic mass is 16.5. The lowest BCUT2D eigenvalue weighted by atomic mass is 10.3. The Labute approximate surface area is 75.1 Å². The van der Waals surface area contributed by atoms with Crippen molar-refractivity contribution >= 4 is 11.8 Å². The Morgan fingerprint density at radius 1 is 1.62 bits per heavy atom. The van der Waals surface area contributed by atoms with Crippen LogP contribution in [-0.4, -0.2) is 28.3 Å². The van der Waals surface area contributed by atoms with Gasteiger partial charge in [0.1, 0.15) is 6.42 Å². The van der Waals surface area contributed by atoms with E-state index in [2.05, 4.69) is 14.7 Å². The molecule has 0 aromatic carbocycles. The van der Waals surface area contributed by atoms with Crippen molar-refractivity contribution in [2.45, 2.75) is 13.3 Å². The first-order chi connectivity index (χ1) is 6.24. The van der Waals surface area contributed by atoms with Gasteiger partial charge in [0.15, 0.2) is 5.82 Å². The van der Waals surface area contributed by atoms with Crippen molar-refractivity contribution in [3.63, 3.8) is 0 Å². The molecule has 0 amide bonds. The number of hydrogen-bond acceptors (Lipinski definition) is 4. The molecule has 1 heterocycles. The fourth-order valence-electron chi connectivity index (χ4n) is 0.845. The Hall–Kier alpha value is -1.65. The van der Waals surface area contributed by atoms with Crippen molar-refractivity contribution in [2.24, 2.45) is 0 Å². The fraction of sp³-hybridized carbons (Fsp3) is 0.375. The van der Waals surface area contributed by atoms with Crippen LogP contribution in [0, 0.1) is 0 Å². The molecule has 0 saturated carbocycles. The van der Waals surface area contributed by atoms with Gasteiger partial charge in [-0.3, -0.25) is 9.59 Å². The van der Waals surface area contributed by atoms with Gasteiger partial charge < -0.3 is 9.72 Å². The van der Waals surface area contributed by atoms with Crippen LogP contribution >= 0.6 is 0 Å². The average molecular weight is 182 g/mol. The standard InChI is InChI=1S/C8H10N2O3/c1-2-13-7(12)5-6(11)8-9-3-4-10-8/h3-4H,2,5H2,1H3,(H,9,10). The highest BCUT2D eigenvalue weighted by Gasteiger charge is 2.13. The van der Waals surface area contributed by atoms with Crippen molar-refractivity contribution in [1.82, 2.24) is 9.97 Å². The summed E-state index contributed by atoms with van der Waals surface area (Å²) in [6.07, 6.45) is 2.72. The van der Waals surface area contributed by atoms with Crippen LogP contribution in [0.25, 0.3) is 0 Å². The first-order valence-electron chi connectivity index (χ1n) is 3.92. The predicted molar refractivity (Wildman–Crippen MR) is 44.2 cm³/mol. The van der Waals surface area contributed by atoms with E-state index in [1.165, 1.54) is 12.4 Å². The molecule has 0 radical (unpaired) electrons. The van der Waals surface area contributed by atoms with Crippen LogP contribution in [0.5, 0.6) is 0 Å². The zero-order valence-corrected chi connectivity index (χ0v) is 7.24. The van der Waals surface area contributed by atoms with Gasteiger partial charge in [0, 0.05) is 12.4 Å². The quantitative estimate of drug-likeness (QED) is 0.419. The molecule has 1 aromatic heterocycles. The normalized spacial score (nSPS) is 9.62. The van der Waals surface area contributed by atoms with Crippen LogP contribution in [0.2, 0.25) is 0 Å². The third-order valence-electron chi connectivity index (χ3n) is 1.37. The first kappa shape index (κ1) is 9.44. The van der Waals surface area contributed by atoms with Crippen molar-refractivity contribution < 1.29 is 14.3 Å². The van der Waals surface area contributed by atoms with Crippen molar-refractivity contribution in [2.75, 3.05) is 6.61 Å². The average Bonchev–Trinajstić information content (AvgIpc) is 2.55. The van der Waals surface area contributed by atoms with Crippen LogP contribution in [-0.2, 0) is 9.53 Å². The molecule has 13 heavy (non-hydrogen) atoms. The topological polar surface area (TPSA) is 72.1 Å². The second-order valence-electron chi connectivity index (χ2n) is 2.34. The van der Waals surface area contributed by atoms with Gasteiger partial charge in [-0.2, -0.15) is 0 Å². The van der Waals surface area contributed by atoms with E-state index in [1.54, 1.807) is 6.92 Å². The molecule has 70 valence electrons. The summed E-state index contributed by atoms with van der Waals surface area (Å²) in [6.45, 7) is 1.97. The molecule has 1 N–H and O–H groups in total. The molecule has 0 spiro atoms. The number of aromatic nitrogens is 2. The number of nitrogens with zero attached hydrogens (tertiary/aromatic N) is 1. The maximum absolute atomic E-state index is 11.2. The zero-order chi connectivity index (χ0) is 9.68. The molecule has 0 aliphatic rings. The fourth-order valence-corrected chi connectivity index (χ4v) is 0.845. The Morgan fingerprint density at radius 2 is 2.38 bits per heavy atom. The minimum Gasteiger partial charge on any atom is -0.466 e. The SMILES string of the molecule is CCOC(=O)CC(=O)c1ncc[nH]1. The lowest BCUT2D eigenvalue weighted by Crippen LogP contribution is -2.12. The Morgan fingerprint density at radius 3 is 2.92 bits per heavy atom. The van der Waals surface area contributed by atoms with E-state index in [-0.39, 0.29) is 24.6 Å². The summed E-state index contributed by atoms with van der Waals surface area (Å²) in [6, 6.07) is 0. The Kier molecular flexibility index (Phi) is 3.19. The summed E-state index contributed by atoms with van der Waals surface area (Å²) in [5.41, 5.74) is 0. The van der Waals surface area contributed by atoms with Gasteiger partial charge in [-0.25, -0.2) is 4.98 Å². The van der Waals surface area contributed by atoms with E-state index in [0.717, 1.165) is 0 Å². The Bertz CT molecular complexity index is 292. The minimum absolute atomic E-state index is 0.188. The number of carbonyl (C=O) groups is 2. The highest BCUT2D eigenvalue weighted by Crippen LogP contribution is 1.97. The van der Waals surface area contributed by atoms with Crippen LogP contribution in [0.3, 0.4) is 0 Å². The molecular weight excluding hydrogens is 172 g/mol. The van der Waals surface area contributed by atoms with Gasteiger partial charge in [-0.1, -0.05) is 0 Å². The zero-order valence-electron chi connectivity index (χ0n) is 7.24. The summed E-state index contributed by atoms with van der Waals surface area (Å²) in [4.78, 5) is 28.4. The predicted octanol–water partition coefficient (Wildman–Crippen LogP) is 0.546. The van der Waals surface area contributed by atoms with Crippen LogP contribution in [0.1, 0.15) is 24.0 Å². The van der Waals surface area contributed by atoms with E-state index >= 15 is 0 Å². The van der Waals surface area contributed by atoms with Gasteiger partial charge in [0.25, 0.3) is 0 Å². The maximum Gasteiger partial charge on any atom is 0.313 e. The molecule has 1 aromatic rings. The molecule has 0 aliphatic heterocycles. The van der Waals surface area contributed by atoms with E-state index in [1.807, 2.05) is 0 Å². The maximum atomic E-state index is 11.2. The molecular formula is C8H10N2O3. The third-order valence-corrected chi connectivity index (χ3v) is 1.37. The molecule has 0 fully saturated rings. The number of ketones is 1. The van der Waals surface area contributed by atoms with Crippen LogP contribution in [0.15, 0.2) is 12.4 Å². The van der Waals surface area contributed by atoms with E-state index in [4.69, 9.17) is 0 Å². The number of imidazole rings is 1. The first-order valence-corrected chi connectivity index (χ1v) is 3.92. The largest absolute Gasteiger partial charge is 0.466 e. The van der Waals surface area contributed by atoms with Gasteiger partial charge in [-0.05, 0) is 6.92 Å². The van der Waals surface area contributed by atoms with Crippen LogP contribution < -0.4 is 0 Å². The van der Waals surface area contributed by atoms with Crippen molar-refractivity contribution in [3.05, 3.63) is 18.2 Å². The van der Waals surface area contributed by atoms with Gasteiger partial charge in [-0.15, -0.1) is 0 Å². The molecule has 5 nitrogen and oxygen atoms in total. The number of aromatic amines is 1. The molecule has 0 bridgehead atoms. The summed E-state index contributed by atoms with van der Waals surface area (Å²) < 4.78 is 4.61. The minimum atomic E-state index is -0.524. The van der Waals surface area contributed by atoms with Crippen molar-refractivity contribution in [1.29, 1.82) is 0 Å². The van der Waals surface area contributed by atoms with Gasteiger partial charge in [0.05, 0.1) is 6.61 Å². The smallest absolute Gasteiger partial charge is 0.313 e. The van der Waals surface area contributed by atoms with Crippen LogP contribution in [0.4, 0.5) is 0 Å².